The zero-order valence-electron chi connectivity index (χ0n) is 15.5. The summed E-state index contributed by atoms with van der Waals surface area (Å²) in [5, 5.41) is 3.34. The van der Waals surface area contributed by atoms with Gasteiger partial charge in [0.15, 0.2) is 0 Å². The molecule has 2 aromatic rings. The number of nitrogens with one attached hydrogen (secondary N) is 1. The lowest BCUT2D eigenvalue weighted by Gasteiger charge is -2.30. The van der Waals surface area contributed by atoms with Gasteiger partial charge in [-0.2, -0.15) is 0 Å². The fraction of sp³-hybridized carbons (Fsp3) is 0.333. The summed E-state index contributed by atoms with van der Waals surface area (Å²) in [4.78, 5) is 27.1. The number of likely N-dealkylation sites (N-methyl/N-ethyl adjacent to an activating group) is 1. The van der Waals surface area contributed by atoms with Crippen molar-refractivity contribution in [3.05, 3.63) is 70.5 Å². The highest BCUT2D eigenvalue weighted by Crippen LogP contribution is 2.17. The van der Waals surface area contributed by atoms with Crippen molar-refractivity contribution in [2.24, 2.45) is 0 Å². The molecule has 0 fully saturated rings. The van der Waals surface area contributed by atoms with Crippen molar-refractivity contribution in [1.29, 1.82) is 0 Å². The number of hydrogen-bond donors (Lipinski definition) is 1. The minimum atomic E-state index is -0.596. The summed E-state index contributed by atoms with van der Waals surface area (Å²) in [6, 6.07) is 12.5. The molecule has 0 spiro atoms. The highest BCUT2D eigenvalue weighted by Gasteiger charge is 2.28. The van der Waals surface area contributed by atoms with Gasteiger partial charge in [-0.25, -0.2) is 4.39 Å². The fourth-order valence-corrected chi connectivity index (χ4v) is 3.13. The molecule has 2 amide bonds. The predicted molar refractivity (Wildman–Crippen MR) is 105 cm³/mol. The van der Waals surface area contributed by atoms with Crippen molar-refractivity contribution in [3.63, 3.8) is 0 Å². The summed E-state index contributed by atoms with van der Waals surface area (Å²) in [5.74, 6) is -0.715. The minimum Gasteiger partial charge on any atom is -0.355 e. The third-order valence-electron chi connectivity index (χ3n) is 4.25. The van der Waals surface area contributed by atoms with Crippen LogP contribution in [0, 0.1) is 5.82 Å². The van der Waals surface area contributed by atoms with E-state index in [4.69, 9.17) is 11.6 Å². The smallest absolute Gasteiger partial charge is 0.242 e. The van der Waals surface area contributed by atoms with Gasteiger partial charge in [0.2, 0.25) is 11.8 Å². The van der Waals surface area contributed by atoms with Crippen molar-refractivity contribution in [2.45, 2.75) is 39.3 Å². The first kappa shape index (κ1) is 20.9. The van der Waals surface area contributed by atoms with E-state index < -0.39 is 6.04 Å². The summed E-state index contributed by atoms with van der Waals surface area (Å²) in [5.41, 5.74) is 1.54. The van der Waals surface area contributed by atoms with E-state index in [-0.39, 0.29) is 30.6 Å². The van der Waals surface area contributed by atoms with E-state index >= 15 is 0 Å². The molecule has 1 atom stereocenters. The SMILES string of the molecule is CCNC(=O)[C@H](CC)N(Cc1ccc(F)cc1)C(=O)Cc1cccc(Cl)c1. The zero-order chi connectivity index (χ0) is 19.8. The summed E-state index contributed by atoms with van der Waals surface area (Å²) >= 11 is 6.01. The third-order valence-corrected chi connectivity index (χ3v) is 4.48. The maximum atomic E-state index is 13.2. The van der Waals surface area contributed by atoms with Gasteiger partial charge in [0, 0.05) is 18.1 Å². The summed E-state index contributed by atoms with van der Waals surface area (Å²) in [6.45, 7) is 4.42. The van der Waals surface area contributed by atoms with E-state index in [2.05, 4.69) is 5.32 Å². The number of carbonyl (C=O) groups is 2. The number of amides is 2. The molecule has 0 saturated carbocycles. The van der Waals surface area contributed by atoms with Crippen LogP contribution in [-0.4, -0.2) is 29.3 Å². The first-order chi connectivity index (χ1) is 12.9. The van der Waals surface area contributed by atoms with E-state index in [9.17, 15) is 14.0 Å². The monoisotopic (exact) mass is 390 g/mol. The van der Waals surface area contributed by atoms with Crippen LogP contribution in [0.25, 0.3) is 0 Å². The highest BCUT2D eigenvalue weighted by atomic mass is 35.5. The molecule has 0 radical (unpaired) electrons. The van der Waals surface area contributed by atoms with Crippen LogP contribution in [0.2, 0.25) is 5.02 Å². The molecule has 0 aliphatic rings. The molecule has 0 aliphatic carbocycles. The molecule has 0 unspecified atom stereocenters. The molecular weight excluding hydrogens is 367 g/mol. The Balaban J connectivity index is 2.27. The van der Waals surface area contributed by atoms with Gasteiger partial charge in [0.1, 0.15) is 11.9 Å². The molecule has 1 N–H and O–H groups in total. The number of carbonyl (C=O) groups excluding carboxylic acids is 2. The largest absolute Gasteiger partial charge is 0.355 e. The summed E-state index contributed by atoms with van der Waals surface area (Å²) < 4.78 is 13.2. The van der Waals surface area contributed by atoms with Crippen LogP contribution in [0.4, 0.5) is 4.39 Å². The van der Waals surface area contributed by atoms with Gasteiger partial charge >= 0.3 is 0 Å². The Morgan fingerprint density at radius 2 is 1.81 bits per heavy atom. The van der Waals surface area contributed by atoms with E-state index in [1.807, 2.05) is 19.9 Å². The van der Waals surface area contributed by atoms with Gasteiger partial charge in [-0.1, -0.05) is 42.8 Å². The Morgan fingerprint density at radius 1 is 1.11 bits per heavy atom. The van der Waals surface area contributed by atoms with Crippen LogP contribution < -0.4 is 5.32 Å². The number of nitrogens with zero attached hydrogens (tertiary/aromatic N) is 1. The van der Waals surface area contributed by atoms with Crippen molar-refractivity contribution in [1.82, 2.24) is 10.2 Å². The second kappa shape index (κ2) is 10.1. The Kier molecular flexibility index (Phi) is 7.80. The molecule has 4 nitrogen and oxygen atoms in total. The Morgan fingerprint density at radius 3 is 2.41 bits per heavy atom. The van der Waals surface area contributed by atoms with Crippen LogP contribution in [0.5, 0.6) is 0 Å². The molecule has 2 aromatic carbocycles. The van der Waals surface area contributed by atoms with Gasteiger partial charge in [-0.05, 0) is 48.7 Å². The van der Waals surface area contributed by atoms with Gasteiger partial charge < -0.3 is 10.2 Å². The molecule has 0 aliphatic heterocycles. The quantitative estimate of drug-likeness (QED) is 0.741. The van der Waals surface area contributed by atoms with E-state index in [0.29, 0.717) is 18.0 Å². The zero-order valence-corrected chi connectivity index (χ0v) is 16.3. The van der Waals surface area contributed by atoms with Crippen molar-refractivity contribution in [3.8, 4) is 0 Å². The molecule has 144 valence electrons. The summed E-state index contributed by atoms with van der Waals surface area (Å²) in [7, 11) is 0. The molecule has 0 bridgehead atoms. The lowest BCUT2D eigenvalue weighted by molar-refractivity contribution is -0.140. The van der Waals surface area contributed by atoms with Crippen LogP contribution in [0.1, 0.15) is 31.4 Å². The van der Waals surface area contributed by atoms with Gasteiger partial charge in [-0.15, -0.1) is 0 Å². The molecule has 0 aromatic heterocycles. The van der Waals surface area contributed by atoms with Gasteiger partial charge in [-0.3, -0.25) is 9.59 Å². The normalized spacial score (nSPS) is 11.7. The minimum absolute atomic E-state index is 0.137. The van der Waals surface area contributed by atoms with Crippen molar-refractivity contribution in [2.75, 3.05) is 6.54 Å². The molecular formula is C21H24ClFN2O2. The van der Waals surface area contributed by atoms with E-state index in [0.717, 1.165) is 11.1 Å². The Labute approximate surface area is 164 Å². The van der Waals surface area contributed by atoms with Crippen LogP contribution in [-0.2, 0) is 22.6 Å². The standard InChI is InChI=1S/C21H24ClFN2O2/c1-3-19(21(27)24-4-2)25(14-15-8-10-18(23)11-9-15)20(26)13-16-6-5-7-17(22)12-16/h5-12,19H,3-4,13-14H2,1-2H3,(H,24,27)/t19-/m0/s1. The highest BCUT2D eigenvalue weighted by molar-refractivity contribution is 6.30. The molecule has 0 saturated heterocycles. The second-order valence-corrected chi connectivity index (χ2v) is 6.71. The maximum absolute atomic E-state index is 13.2. The first-order valence-electron chi connectivity index (χ1n) is 9.00. The lowest BCUT2D eigenvalue weighted by Crippen LogP contribution is -2.49. The fourth-order valence-electron chi connectivity index (χ4n) is 2.92. The van der Waals surface area contributed by atoms with Crippen LogP contribution in [0.15, 0.2) is 48.5 Å². The average Bonchev–Trinajstić information content (AvgIpc) is 2.63. The summed E-state index contributed by atoms with van der Waals surface area (Å²) in [6.07, 6.45) is 0.617. The number of rotatable bonds is 8. The first-order valence-corrected chi connectivity index (χ1v) is 9.38. The predicted octanol–water partition coefficient (Wildman–Crippen LogP) is 3.97. The van der Waals surface area contributed by atoms with Crippen LogP contribution in [0.3, 0.4) is 0 Å². The molecule has 0 heterocycles. The van der Waals surface area contributed by atoms with E-state index in [1.54, 1.807) is 35.2 Å². The van der Waals surface area contributed by atoms with Gasteiger partial charge in [0.25, 0.3) is 0 Å². The number of halogens is 2. The number of hydrogen-bond acceptors (Lipinski definition) is 2. The third kappa shape index (κ3) is 6.07. The van der Waals surface area contributed by atoms with Gasteiger partial charge in [0.05, 0.1) is 6.42 Å². The Bertz CT molecular complexity index is 780. The van der Waals surface area contributed by atoms with Crippen molar-refractivity contribution < 1.29 is 14.0 Å². The topological polar surface area (TPSA) is 49.4 Å². The second-order valence-electron chi connectivity index (χ2n) is 6.27. The Hall–Kier alpha value is -2.40. The molecule has 2 rings (SSSR count). The maximum Gasteiger partial charge on any atom is 0.242 e. The molecule has 6 heteroatoms. The number of benzene rings is 2. The van der Waals surface area contributed by atoms with Crippen molar-refractivity contribution >= 4 is 23.4 Å². The molecule has 27 heavy (non-hydrogen) atoms. The lowest BCUT2D eigenvalue weighted by atomic mass is 10.1. The average molecular weight is 391 g/mol. The van der Waals surface area contributed by atoms with Crippen LogP contribution >= 0.6 is 11.6 Å². The van der Waals surface area contributed by atoms with E-state index in [1.165, 1.54) is 12.1 Å².